The minimum Gasteiger partial charge on any atom is -0.462 e. The molecule has 11 heavy (non-hydrogen) atoms. The van der Waals surface area contributed by atoms with Crippen molar-refractivity contribution in [3.05, 3.63) is 11.8 Å². The van der Waals surface area contributed by atoms with Crippen LogP contribution in [0.25, 0.3) is 0 Å². The normalized spacial score (nSPS) is 11.3. The molecule has 0 saturated carbocycles. The van der Waals surface area contributed by atoms with Gasteiger partial charge in [0.2, 0.25) is 0 Å². The van der Waals surface area contributed by atoms with Crippen LogP contribution in [0, 0.1) is 0 Å². The highest BCUT2D eigenvalue weighted by Gasteiger charge is 2.02. The fourth-order valence-corrected chi connectivity index (χ4v) is 0.411. The lowest BCUT2D eigenvalue weighted by atomic mass is 10.3. The standard InChI is InChI=1S/C7H13NO3/c1-6(5-8)7(10)11-4-2-3-9/h5,9H,2-4,8H2,1H3. The Labute approximate surface area is 65.6 Å². The summed E-state index contributed by atoms with van der Waals surface area (Å²) in [6, 6.07) is 0. The van der Waals surface area contributed by atoms with Crippen molar-refractivity contribution in [2.45, 2.75) is 13.3 Å². The molecule has 4 heteroatoms. The molecule has 0 saturated heterocycles. The lowest BCUT2D eigenvalue weighted by Gasteiger charge is -2.01. The van der Waals surface area contributed by atoms with E-state index in [1.807, 2.05) is 0 Å². The molecule has 0 heterocycles. The molecular weight excluding hydrogens is 146 g/mol. The number of hydrogen-bond acceptors (Lipinski definition) is 4. The van der Waals surface area contributed by atoms with Crippen LogP contribution in [-0.4, -0.2) is 24.3 Å². The minimum absolute atomic E-state index is 0.0265. The smallest absolute Gasteiger partial charge is 0.335 e. The van der Waals surface area contributed by atoms with Crippen molar-refractivity contribution in [3.63, 3.8) is 0 Å². The third-order valence-corrected chi connectivity index (χ3v) is 1.11. The minimum atomic E-state index is -0.430. The van der Waals surface area contributed by atoms with E-state index in [1.165, 1.54) is 6.20 Å². The van der Waals surface area contributed by atoms with Crippen LogP contribution in [-0.2, 0) is 9.53 Å². The van der Waals surface area contributed by atoms with E-state index in [-0.39, 0.29) is 13.2 Å². The Balaban J connectivity index is 3.53. The zero-order valence-corrected chi connectivity index (χ0v) is 6.54. The quantitative estimate of drug-likeness (QED) is 0.338. The van der Waals surface area contributed by atoms with Crippen LogP contribution in [0.4, 0.5) is 0 Å². The first-order valence-electron chi connectivity index (χ1n) is 3.39. The van der Waals surface area contributed by atoms with Crippen LogP contribution >= 0.6 is 0 Å². The van der Waals surface area contributed by atoms with E-state index in [2.05, 4.69) is 4.74 Å². The first kappa shape index (κ1) is 9.97. The topological polar surface area (TPSA) is 72.6 Å². The Kier molecular flexibility index (Phi) is 5.20. The Bertz CT molecular complexity index is 154. The highest BCUT2D eigenvalue weighted by atomic mass is 16.5. The second-order valence-corrected chi connectivity index (χ2v) is 2.06. The third-order valence-electron chi connectivity index (χ3n) is 1.11. The van der Waals surface area contributed by atoms with Crippen molar-refractivity contribution in [2.75, 3.05) is 13.2 Å². The molecule has 3 N–H and O–H groups in total. The van der Waals surface area contributed by atoms with Gasteiger partial charge in [-0.1, -0.05) is 0 Å². The molecule has 0 rings (SSSR count). The van der Waals surface area contributed by atoms with Gasteiger partial charge < -0.3 is 15.6 Å². The molecule has 0 atom stereocenters. The first-order valence-corrected chi connectivity index (χ1v) is 3.39. The second kappa shape index (κ2) is 5.73. The van der Waals surface area contributed by atoms with Crippen molar-refractivity contribution in [1.29, 1.82) is 0 Å². The number of aliphatic hydroxyl groups is 1. The highest BCUT2D eigenvalue weighted by Crippen LogP contribution is 1.94. The second-order valence-electron chi connectivity index (χ2n) is 2.06. The van der Waals surface area contributed by atoms with E-state index in [0.717, 1.165) is 0 Å². The lowest BCUT2D eigenvalue weighted by molar-refractivity contribution is -0.139. The van der Waals surface area contributed by atoms with Crippen molar-refractivity contribution in [3.8, 4) is 0 Å². The molecule has 64 valence electrons. The van der Waals surface area contributed by atoms with Crippen LogP contribution in [0.15, 0.2) is 11.8 Å². The predicted octanol–water partition coefficient (Wildman–Crippen LogP) is -0.225. The summed E-state index contributed by atoms with van der Waals surface area (Å²) in [5.41, 5.74) is 5.44. The van der Waals surface area contributed by atoms with E-state index in [4.69, 9.17) is 10.8 Å². The Morgan fingerprint density at radius 3 is 2.82 bits per heavy atom. The summed E-state index contributed by atoms with van der Waals surface area (Å²) in [6.07, 6.45) is 1.66. The van der Waals surface area contributed by atoms with Crippen LogP contribution in [0.5, 0.6) is 0 Å². The van der Waals surface area contributed by atoms with Gasteiger partial charge in [-0.3, -0.25) is 0 Å². The molecule has 0 aromatic rings. The van der Waals surface area contributed by atoms with Crippen molar-refractivity contribution >= 4 is 5.97 Å². The van der Waals surface area contributed by atoms with Gasteiger partial charge in [-0.2, -0.15) is 0 Å². The van der Waals surface area contributed by atoms with Gasteiger partial charge in [-0.05, 0) is 6.92 Å². The highest BCUT2D eigenvalue weighted by molar-refractivity contribution is 5.87. The molecule has 0 amide bonds. The van der Waals surface area contributed by atoms with E-state index in [0.29, 0.717) is 12.0 Å². The SMILES string of the molecule is CC(=CN)C(=O)OCCCO. The molecule has 0 aromatic carbocycles. The first-order chi connectivity index (χ1) is 5.22. The summed E-state index contributed by atoms with van der Waals surface area (Å²) in [5.74, 6) is -0.430. The molecule has 0 unspecified atom stereocenters. The summed E-state index contributed by atoms with van der Waals surface area (Å²) < 4.78 is 4.69. The lowest BCUT2D eigenvalue weighted by Crippen LogP contribution is -2.09. The number of nitrogens with two attached hydrogens (primary N) is 1. The van der Waals surface area contributed by atoms with Gasteiger partial charge in [0.15, 0.2) is 0 Å². The fraction of sp³-hybridized carbons (Fsp3) is 0.571. The maximum absolute atomic E-state index is 10.8. The van der Waals surface area contributed by atoms with Crippen LogP contribution in [0.3, 0.4) is 0 Å². The molecular formula is C7H13NO3. The van der Waals surface area contributed by atoms with Gasteiger partial charge in [0.05, 0.1) is 6.61 Å². The Morgan fingerprint density at radius 2 is 2.36 bits per heavy atom. The number of ether oxygens (including phenoxy) is 1. The number of rotatable bonds is 4. The predicted molar refractivity (Wildman–Crippen MR) is 40.6 cm³/mol. The summed E-state index contributed by atoms with van der Waals surface area (Å²) in [4.78, 5) is 10.8. The molecule has 4 nitrogen and oxygen atoms in total. The zero-order valence-electron chi connectivity index (χ0n) is 6.54. The molecule has 0 bridgehead atoms. The maximum Gasteiger partial charge on any atom is 0.335 e. The zero-order chi connectivity index (χ0) is 8.69. The number of hydrogen-bond donors (Lipinski definition) is 2. The summed E-state index contributed by atoms with van der Waals surface area (Å²) in [5, 5.41) is 8.34. The van der Waals surface area contributed by atoms with Gasteiger partial charge in [0.1, 0.15) is 0 Å². The number of aliphatic hydroxyl groups excluding tert-OH is 1. The average Bonchev–Trinajstić information content (AvgIpc) is 2.03. The molecule has 0 aliphatic heterocycles. The van der Waals surface area contributed by atoms with Gasteiger partial charge in [-0.25, -0.2) is 4.79 Å². The van der Waals surface area contributed by atoms with Crippen molar-refractivity contribution < 1.29 is 14.6 Å². The number of esters is 1. The number of carbonyl (C=O) groups excluding carboxylic acids is 1. The Morgan fingerprint density at radius 1 is 1.73 bits per heavy atom. The van der Waals surface area contributed by atoms with Gasteiger partial charge in [-0.15, -0.1) is 0 Å². The van der Waals surface area contributed by atoms with E-state index in [9.17, 15) is 4.79 Å². The van der Waals surface area contributed by atoms with Gasteiger partial charge in [0, 0.05) is 24.8 Å². The van der Waals surface area contributed by atoms with Crippen LogP contribution < -0.4 is 5.73 Å². The number of carbonyl (C=O) groups is 1. The molecule has 0 radical (unpaired) electrons. The van der Waals surface area contributed by atoms with E-state index < -0.39 is 5.97 Å². The molecule has 0 fully saturated rings. The average molecular weight is 159 g/mol. The monoisotopic (exact) mass is 159 g/mol. The van der Waals surface area contributed by atoms with Gasteiger partial charge in [0.25, 0.3) is 0 Å². The molecule has 0 aliphatic rings. The Hall–Kier alpha value is -1.03. The fourth-order valence-electron chi connectivity index (χ4n) is 0.411. The van der Waals surface area contributed by atoms with Crippen LogP contribution in [0.2, 0.25) is 0 Å². The van der Waals surface area contributed by atoms with Crippen molar-refractivity contribution in [2.24, 2.45) is 5.73 Å². The molecule has 0 spiro atoms. The van der Waals surface area contributed by atoms with E-state index in [1.54, 1.807) is 6.92 Å². The van der Waals surface area contributed by atoms with E-state index >= 15 is 0 Å². The van der Waals surface area contributed by atoms with Crippen molar-refractivity contribution in [1.82, 2.24) is 0 Å². The maximum atomic E-state index is 10.8. The van der Waals surface area contributed by atoms with Crippen LogP contribution in [0.1, 0.15) is 13.3 Å². The molecule has 0 aromatic heterocycles. The summed E-state index contributed by atoms with van der Waals surface area (Å²) in [6.45, 7) is 1.83. The summed E-state index contributed by atoms with van der Waals surface area (Å²) >= 11 is 0. The van der Waals surface area contributed by atoms with Gasteiger partial charge >= 0.3 is 5.97 Å². The molecule has 0 aliphatic carbocycles. The largest absolute Gasteiger partial charge is 0.462 e. The third kappa shape index (κ3) is 4.38. The summed E-state index contributed by atoms with van der Waals surface area (Å²) in [7, 11) is 0.